The zero-order chi connectivity index (χ0) is 4.50. The van der Waals surface area contributed by atoms with E-state index in [0.717, 1.165) is 0 Å². The molecule has 0 aromatic rings. The van der Waals surface area contributed by atoms with Crippen molar-refractivity contribution in [1.29, 1.82) is 0 Å². The predicted octanol–water partition coefficient (Wildman–Crippen LogP) is -1.58. The van der Waals surface area contributed by atoms with Crippen LogP contribution in [0.1, 0.15) is 0 Å². The van der Waals surface area contributed by atoms with E-state index < -0.39 is 7.82 Å². The molecule has 0 unspecified atom stereocenters. The number of phosphoric acid groups is 1. The minimum Gasteiger partial charge on any atom is 0 e. The van der Waals surface area contributed by atoms with E-state index in [4.69, 9.17) is 19.2 Å². The Bertz CT molecular complexity index is 57.8. The minimum absolute atomic E-state index is 0. The smallest absolute Gasteiger partial charge is 0 e. The minimum atomic E-state index is -4.64. The fourth-order valence-corrected chi connectivity index (χ4v) is 0. The number of hydrogen-bond donors (Lipinski definition) is 3. The monoisotopic (exact) mass is 277 g/mol. The average molecular weight is 277 g/mol. The van der Waals surface area contributed by atoms with Crippen LogP contribution in [0.3, 0.4) is 0 Å². The Labute approximate surface area is 111 Å². The van der Waals surface area contributed by atoms with Crippen molar-refractivity contribution < 1.29 is 54.8 Å². The third-order valence-electron chi connectivity index (χ3n) is 0. The molecule has 0 fully saturated rings. The van der Waals surface area contributed by atoms with Crippen LogP contribution in [0.2, 0.25) is 0 Å². The Balaban J connectivity index is -0.0000000800. The maximum atomic E-state index is 8.88. The summed E-state index contributed by atoms with van der Waals surface area (Å²) in [6, 6.07) is 0. The van der Waals surface area contributed by atoms with Crippen LogP contribution in [0, 0.1) is 35.6 Å². The molecule has 0 saturated heterocycles. The molecule has 0 atom stereocenters. The van der Waals surface area contributed by atoms with E-state index in [-0.39, 0.29) is 87.0 Å². The number of rotatable bonds is 0. The second-order valence-corrected chi connectivity index (χ2v) is 1.54. The largest absolute Gasteiger partial charge is 0 e. The van der Waals surface area contributed by atoms with Crippen LogP contribution >= 0.6 is 7.82 Å². The molecule has 1 radical (unpaired) electrons. The second-order valence-electron chi connectivity index (χ2n) is 0.513. The van der Waals surface area contributed by atoms with Gasteiger partial charge in [-0.05, 0) is 0 Å². The van der Waals surface area contributed by atoms with Crippen LogP contribution in [-0.4, -0.2) is 66.1 Å². The number of hydrogen-bond acceptors (Lipinski definition) is 1. The zero-order valence-electron chi connectivity index (χ0n) is 2.77. The van der Waals surface area contributed by atoms with Crippen LogP contribution in [0.15, 0.2) is 0 Å². The molecule has 4 nitrogen and oxygen atoms in total. The van der Waals surface area contributed by atoms with E-state index >= 15 is 0 Å². The summed E-state index contributed by atoms with van der Waals surface area (Å²) in [6.07, 6.45) is 0. The van der Waals surface area contributed by atoms with Gasteiger partial charge in [0.05, 0.1) is 0 Å². The summed E-state index contributed by atoms with van der Waals surface area (Å²) in [4.78, 5) is 21.6. The van der Waals surface area contributed by atoms with Crippen molar-refractivity contribution in [2.75, 3.05) is 0 Å². The van der Waals surface area contributed by atoms with E-state index in [1.165, 1.54) is 0 Å². The molecule has 0 aromatic heterocycles. The van der Waals surface area contributed by atoms with Crippen molar-refractivity contribution in [1.82, 2.24) is 0 Å². The molecule has 3 N–H and O–H groups in total. The van der Waals surface area contributed by atoms with Crippen molar-refractivity contribution in [2.24, 2.45) is 0 Å². The van der Waals surface area contributed by atoms with Crippen LogP contribution in [0.25, 0.3) is 0 Å². The van der Waals surface area contributed by atoms with Crippen LogP contribution in [-0.2, 0) is 4.57 Å². The average Bonchev–Trinajstić information content (AvgIpc) is 0.722. The Morgan fingerprint density at radius 1 is 1.14 bits per heavy atom. The van der Waals surface area contributed by atoms with Crippen molar-refractivity contribution in [3.63, 3.8) is 0 Å². The van der Waals surface area contributed by atoms with Crippen LogP contribution in [0.5, 0.6) is 0 Å². The van der Waals surface area contributed by atoms with Gasteiger partial charge in [-0.15, -0.1) is 0 Å². The van der Waals surface area contributed by atoms with E-state index in [9.17, 15) is 0 Å². The zero-order valence-corrected chi connectivity index (χ0v) is 7.29. The molecule has 0 bridgehead atoms. The summed E-state index contributed by atoms with van der Waals surface area (Å²) in [6.45, 7) is 0. The van der Waals surface area contributed by atoms with Gasteiger partial charge in [0, 0.05) is 35.6 Å². The molecular weight excluding hydrogens is 273 g/mol. The molecule has 0 aliphatic heterocycles. The molecular formula is H4KLaO4P. The molecule has 0 saturated carbocycles. The van der Waals surface area contributed by atoms with Gasteiger partial charge in [0.15, 0.2) is 0 Å². The van der Waals surface area contributed by atoms with E-state index in [0.29, 0.717) is 0 Å². The summed E-state index contributed by atoms with van der Waals surface area (Å²) < 4.78 is 8.88. The first-order valence-electron chi connectivity index (χ1n) is 0.783. The molecule has 7 heavy (non-hydrogen) atoms. The summed E-state index contributed by atoms with van der Waals surface area (Å²) in [5, 5.41) is 0. The molecule has 37 valence electrons. The second kappa shape index (κ2) is 7.05. The van der Waals surface area contributed by atoms with Gasteiger partial charge in [-0.25, -0.2) is 4.57 Å². The van der Waals surface area contributed by atoms with Gasteiger partial charge >= 0.3 is 59.2 Å². The van der Waals surface area contributed by atoms with Gasteiger partial charge < -0.3 is 14.7 Å². The Morgan fingerprint density at radius 2 is 1.14 bits per heavy atom. The van der Waals surface area contributed by atoms with Gasteiger partial charge in [-0.1, -0.05) is 0 Å². The van der Waals surface area contributed by atoms with Crippen molar-refractivity contribution in [3.05, 3.63) is 0 Å². The molecule has 0 aliphatic carbocycles. The first kappa shape index (κ1) is 16.5. The predicted molar refractivity (Wildman–Crippen MR) is 21.4 cm³/mol. The molecule has 0 spiro atoms. The first-order chi connectivity index (χ1) is 2.00. The van der Waals surface area contributed by atoms with Gasteiger partial charge in [-0.3, -0.25) is 0 Å². The maximum Gasteiger partial charge on any atom is 0 e. The van der Waals surface area contributed by atoms with Crippen LogP contribution < -0.4 is 0 Å². The van der Waals surface area contributed by atoms with Crippen molar-refractivity contribution >= 4 is 59.2 Å². The van der Waals surface area contributed by atoms with Gasteiger partial charge in [0.25, 0.3) is 0 Å². The van der Waals surface area contributed by atoms with Crippen molar-refractivity contribution in [3.8, 4) is 0 Å². The Kier molecular flexibility index (Phi) is 16.6. The molecule has 0 aromatic carbocycles. The van der Waals surface area contributed by atoms with E-state index in [2.05, 4.69) is 0 Å². The normalized spacial score (nSPS) is 8.43. The topological polar surface area (TPSA) is 77.8 Å². The molecule has 0 rings (SSSR count). The third kappa shape index (κ3) is 49.8. The SMILES string of the molecule is O=P(O)(O)O.[KH].[La]. The quantitative estimate of drug-likeness (QED) is 0.369. The Hall–Kier alpha value is 2.94. The third-order valence-corrected chi connectivity index (χ3v) is 0. The summed E-state index contributed by atoms with van der Waals surface area (Å²) in [5.74, 6) is 0. The molecule has 0 amide bonds. The van der Waals surface area contributed by atoms with Gasteiger partial charge in [0.2, 0.25) is 0 Å². The molecule has 7 heteroatoms. The van der Waals surface area contributed by atoms with Crippen LogP contribution in [0.4, 0.5) is 0 Å². The summed E-state index contributed by atoms with van der Waals surface area (Å²) in [7, 11) is -4.64. The first-order valence-corrected chi connectivity index (χ1v) is 2.35. The Morgan fingerprint density at radius 3 is 1.14 bits per heavy atom. The summed E-state index contributed by atoms with van der Waals surface area (Å²) >= 11 is 0. The van der Waals surface area contributed by atoms with Crippen molar-refractivity contribution in [2.45, 2.75) is 0 Å². The fraction of sp³-hybridized carbons (Fsp3) is 0. The summed E-state index contributed by atoms with van der Waals surface area (Å²) in [5.41, 5.74) is 0. The molecule has 0 aliphatic rings. The maximum absolute atomic E-state index is 8.88. The van der Waals surface area contributed by atoms with Gasteiger partial charge in [0.1, 0.15) is 0 Å². The molecule has 0 heterocycles. The van der Waals surface area contributed by atoms with Gasteiger partial charge in [-0.2, -0.15) is 0 Å². The standard InChI is InChI=1S/K.La.H3O4P.H/c;;1-5(2,3)4;/h;;(H3,1,2,3,4);. The van der Waals surface area contributed by atoms with E-state index in [1.54, 1.807) is 0 Å². The fourth-order valence-electron chi connectivity index (χ4n) is 0. The van der Waals surface area contributed by atoms with E-state index in [1.807, 2.05) is 0 Å².